The third-order valence-electron chi connectivity index (χ3n) is 3.72. The number of pyridine rings is 1. The van der Waals surface area contributed by atoms with Gasteiger partial charge in [-0.15, -0.1) is 10.2 Å². The molecule has 2 heterocycles. The van der Waals surface area contributed by atoms with Crippen LogP contribution in [0.5, 0.6) is 0 Å². The van der Waals surface area contributed by atoms with Crippen LogP contribution in [0.25, 0.3) is 5.65 Å². The molecule has 0 fully saturated rings. The number of hydrogen-bond acceptors (Lipinski definition) is 3. The van der Waals surface area contributed by atoms with Gasteiger partial charge in [-0.1, -0.05) is 18.2 Å². The normalized spacial score (nSPS) is 11.7. The predicted octanol–water partition coefficient (Wildman–Crippen LogP) is 2.04. The number of guanidine groups is 1. The average molecular weight is 326 g/mol. The van der Waals surface area contributed by atoms with Crippen molar-refractivity contribution in [3.63, 3.8) is 0 Å². The van der Waals surface area contributed by atoms with E-state index < -0.39 is 0 Å². The highest BCUT2D eigenvalue weighted by Crippen LogP contribution is 2.08. The van der Waals surface area contributed by atoms with Crippen LogP contribution in [-0.2, 0) is 13.1 Å². The SMILES string of the molecule is CN=C(NCc1ccc(C)c(F)c1)NCc1nnc2ccccn12. The lowest BCUT2D eigenvalue weighted by Gasteiger charge is -2.11. The monoisotopic (exact) mass is 326 g/mol. The van der Waals surface area contributed by atoms with Crippen molar-refractivity contribution in [3.05, 3.63) is 65.4 Å². The van der Waals surface area contributed by atoms with Gasteiger partial charge in [0.15, 0.2) is 17.4 Å². The molecule has 7 heteroatoms. The Kier molecular flexibility index (Phi) is 4.69. The average Bonchev–Trinajstić information content (AvgIpc) is 3.01. The zero-order valence-electron chi connectivity index (χ0n) is 13.6. The summed E-state index contributed by atoms with van der Waals surface area (Å²) in [6, 6.07) is 10.9. The van der Waals surface area contributed by atoms with E-state index >= 15 is 0 Å². The van der Waals surface area contributed by atoms with Crippen LogP contribution in [0.4, 0.5) is 4.39 Å². The number of benzene rings is 1. The second-order valence-electron chi connectivity index (χ2n) is 5.41. The highest BCUT2D eigenvalue weighted by atomic mass is 19.1. The summed E-state index contributed by atoms with van der Waals surface area (Å²) in [6.45, 7) is 2.71. The van der Waals surface area contributed by atoms with Gasteiger partial charge in [0, 0.05) is 19.8 Å². The number of aliphatic imine (C=N–C) groups is 1. The Morgan fingerprint density at radius 1 is 1.17 bits per heavy atom. The number of aromatic nitrogens is 3. The van der Waals surface area contributed by atoms with Gasteiger partial charge in [0.2, 0.25) is 0 Å². The first-order chi connectivity index (χ1) is 11.7. The van der Waals surface area contributed by atoms with Crippen LogP contribution in [0.15, 0.2) is 47.6 Å². The standard InChI is InChI=1S/C17H19FN6/c1-12-6-7-13(9-14(12)18)10-20-17(19-2)21-11-16-23-22-15-5-3-4-8-24(15)16/h3-9H,10-11H2,1-2H3,(H2,19,20,21). The van der Waals surface area contributed by atoms with Crippen LogP contribution in [0, 0.1) is 12.7 Å². The van der Waals surface area contributed by atoms with E-state index in [1.807, 2.05) is 34.9 Å². The number of rotatable bonds is 4. The molecule has 3 aromatic rings. The predicted molar refractivity (Wildman–Crippen MR) is 91.2 cm³/mol. The first-order valence-corrected chi connectivity index (χ1v) is 7.65. The summed E-state index contributed by atoms with van der Waals surface area (Å²) >= 11 is 0. The van der Waals surface area contributed by atoms with Gasteiger partial charge in [0.1, 0.15) is 5.82 Å². The van der Waals surface area contributed by atoms with Crippen molar-refractivity contribution >= 4 is 11.6 Å². The van der Waals surface area contributed by atoms with Gasteiger partial charge in [-0.25, -0.2) is 4.39 Å². The van der Waals surface area contributed by atoms with Crippen LogP contribution in [0.1, 0.15) is 17.0 Å². The van der Waals surface area contributed by atoms with Crippen molar-refractivity contribution in [1.29, 1.82) is 0 Å². The lowest BCUT2D eigenvalue weighted by molar-refractivity contribution is 0.615. The molecule has 24 heavy (non-hydrogen) atoms. The van der Waals surface area contributed by atoms with Gasteiger partial charge in [-0.2, -0.15) is 0 Å². The summed E-state index contributed by atoms with van der Waals surface area (Å²) in [5.74, 6) is 1.20. The third kappa shape index (κ3) is 3.51. The van der Waals surface area contributed by atoms with Crippen molar-refractivity contribution in [1.82, 2.24) is 25.2 Å². The maximum atomic E-state index is 13.6. The molecule has 1 aromatic carbocycles. The molecule has 0 amide bonds. The highest BCUT2D eigenvalue weighted by Gasteiger charge is 2.06. The summed E-state index contributed by atoms with van der Waals surface area (Å²) in [5.41, 5.74) is 2.29. The van der Waals surface area contributed by atoms with Crippen molar-refractivity contribution in [2.45, 2.75) is 20.0 Å². The van der Waals surface area contributed by atoms with Gasteiger partial charge in [0.25, 0.3) is 0 Å². The van der Waals surface area contributed by atoms with Crippen molar-refractivity contribution in [2.24, 2.45) is 4.99 Å². The van der Waals surface area contributed by atoms with Crippen molar-refractivity contribution in [2.75, 3.05) is 7.05 Å². The fourth-order valence-corrected chi connectivity index (χ4v) is 2.33. The second-order valence-corrected chi connectivity index (χ2v) is 5.41. The first kappa shape index (κ1) is 15.9. The van der Waals surface area contributed by atoms with Crippen molar-refractivity contribution < 1.29 is 4.39 Å². The van der Waals surface area contributed by atoms with Gasteiger partial charge < -0.3 is 10.6 Å². The molecule has 0 spiro atoms. The van der Waals surface area contributed by atoms with Crippen molar-refractivity contribution in [3.8, 4) is 0 Å². The molecule has 6 nitrogen and oxygen atoms in total. The summed E-state index contributed by atoms with van der Waals surface area (Å²) in [5, 5.41) is 14.6. The second kappa shape index (κ2) is 7.08. The summed E-state index contributed by atoms with van der Waals surface area (Å²) in [4.78, 5) is 4.17. The highest BCUT2D eigenvalue weighted by molar-refractivity contribution is 5.79. The maximum absolute atomic E-state index is 13.6. The van der Waals surface area contributed by atoms with Gasteiger partial charge in [-0.3, -0.25) is 9.39 Å². The van der Waals surface area contributed by atoms with Crippen LogP contribution in [0.2, 0.25) is 0 Å². The zero-order valence-corrected chi connectivity index (χ0v) is 13.6. The minimum atomic E-state index is -0.202. The quantitative estimate of drug-likeness (QED) is 0.569. The summed E-state index contributed by atoms with van der Waals surface area (Å²) in [7, 11) is 1.69. The largest absolute Gasteiger partial charge is 0.352 e. The van der Waals surface area contributed by atoms with Gasteiger partial charge in [-0.05, 0) is 36.2 Å². The van der Waals surface area contributed by atoms with E-state index in [4.69, 9.17) is 0 Å². The minimum absolute atomic E-state index is 0.202. The fourth-order valence-electron chi connectivity index (χ4n) is 2.33. The molecular weight excluding hydrogens is 307 g/mol. The lowest BCUT2D eigenvalue weighted by Crippen LogP contribution is -2.36. The molecule has 2 N–H and O–H groups in total. The van der Waals surface area contributed by atoms with E-state index in [0.29, 0.717) is 24.6 Å². The molecule has 0 aliphatic carbocycles. The van der Waals surface area contributed by atoms with Gasteiger partial charge >= 0.3 is 0 Å². The Labute approximate surface area is 139 Å². The Morgan fingerprint density at radius 3 is 2.79 bits per heavy atom. The fraction of sp³-hybridized carbons (Fsp3) is 0.235. The molecule has 2 aromatic heterocycles. The van der Waals surface area contributed by atoms with Crippen LogP contribution in [0.3, 0.4) is 0 Å². The molecule has 3 rings (SSSR count). The van der Waals surface area contributed by atoms with E-state index in [1.165, 1.54) is 6.07 Å². The molecule has 0 unspecified atom stereocenters. The molecule has 0 radical (unpaired) electrons. The number of aryl methyl sites for hydroxylation is 1. The van der Waals surface area contributed by atoms with Crippen LogP contribution >= 0.6 is 0 Å². The molecule has 0 bridgehead atoms. The van der Waals surface area contributed by atoms with E-state index in [9.17, 15) is 4.39 Å². The van der Waals surface area contributed by atoms with Crippen LogP contribution < -0.4 is 10.6 Å². The van der Waals surface area contributed by atoms with E-state index in [2.05, 4.69) is 25.8 Å². The topological polar surface area (TPSA) is 66.6 Å². The lowest BCUT2D eigenvalue weighted by atomic mass is 10.1. The molecule has 0 aliphatic rings. The molecule has 0 saturated carbocycles. The zero-order chi connectivity index (χ0) is 16.9. The third-order valence-corrected chi connectivity index (χ3v) is 3.72. The van der Waals surface area contributed by atoms with Gasteiger partial charge in [0.05, 0.1) is 6.54 Å². The molecule has 124 valence electrons. The summed E-state index contributed by atoms with van der Waals surface area (Å²) < 4.78 is 15.5. The number of fused-ring (bicyclic) bond motifs is 1. The Bertz CT molecular complexity index is 870. The smallest absolute Gasteiger partial charge is 0.191 e. The van der Waals surface area contributed by atoms with Crippen LogP contribution in [-0.4, -0.2) is 27.6 Å². The molecule has 0 atom stereocenters. The maximum Gasteiger partial charge on any atom is 0.191 e. The summed E-state index contributed by atoms with van der Waals surface area (Å²) in [6.07, 6.45) is 1.91. The molecule has 0 aliphatic heterocycles. The molecule has 0 saturated heterocycles. The van der Waals surface area contributed by atoms with E-state index in [1.54, 1.807) is 20.0 Å². The minimum Gasteiger partial charge on any atom is -0.352 e. The van der Waals surface area contributed by atoms with E-state index in [0.717, 1.165) is 17.0 Å². The Balaban J connectivity index is 1.60. The van der Waals surface area contributed by atoms with E-state index in [-0.39, 0.29) is 5.82 Å². The Morgan fingerprint density at radius 2 is 2.00 bits per heavy atom. The first-order valence-electron chi connectivity index (χ1n) is 7.65. The number of nitrogens with zero attached hydrogens (tertiary/aromatic N) is 4. The number of hydrogen-bond donors (Lipinski definition) is 2. The number of halogens is 1. The molecular formula is C17H19FN6. The Hall–Kier alpha value is -2.96. The number of nitrogens with one attached hydrogen (secondary N) is 2.